The Hall–Kier alpha value is -1.10. The molecule has 0 aliphatic carbocycles. The van der Waals surface area contributed by atoms with Crippen molar-refractivity contribution in [2.24, 2.45) is 5.92 Å². The number of nitrogens with one attached hydrogen (secondary N) is 1. The maximum Gasteiger partial charge on any atom is 0.262 e. The summed E-state index contributed by atoms with van der Waals surface area (Å²) in [5.41, 5.74) is 0.462. The van der Waals surface area contributed by atoms with E-state index in [2.05, 4.69) is 10.3 Å². The van der Waals surface area contributed by atoms with E-state index >= 15 is 0 Å². The van der Waals surface area contributed by atoms with Gasteiger partial charge in [-0.3, -0.25) is 9.36 Å². The Labute approximate surface area is 126 Å². The molecule has 1 aromatic carbocycles. The molecule has 1 aliphatic heterocycles. The highest BCUT2D eigenvalue weighted by molar-refractivity contribution is 6.38. The average molecular weight is 312 g/mol. The molecule has 6 heteroatoms. The molecule has 1 fully saturated rings. The second-order valence-electron chi connectivity index (χ2n) is 5.18. The quantitative estimate of drug-likeness (QED) is 0.927. The van der Waals surface area contributed by atoms with E-state index in [1.54, 1.807) is 23.0 Å². The SMILES string of the molecule is O=c1c2c(Cl)cc(Cl)cc2ncn1CC1CCNCC1. The Balaban J connectivity index is 2.00. The molecule has 0 radical (unpaired) electrons. The minimum atomic E-state index is -0.0878. The van der Waals surface area contributed by atoms with Gasteiger partial charge in [0.15, 0.2) is 0 Å². The normalized spacial score (nSPS) is 16.7. The van der Waals surface area contributed by atoms with Crippen molar-refractivity contribution >= 4 is 34.1 Å². The Morgan fingerprint density at radius 2 is 2.05 bits per heavy atom. The minimum Gasteiger partial charge on any atom is -0.317 e. The molecular formula is C14H15Cl2N3O. The Bertz CT molecular complexity index is 693. The molecule has 0 saturated carbocycles. The summed E-state index contributed by atoms with van der Waals surface area (Å²) in [6.07, 6.45) is 3.76. The lowest BCUT2D eigenvalue weighted by atomic mass is 9.98. The highest BCUT2D eigenvalue weighted by Gasteiger charge is 2.16. The number of aromatic nitrogens is 2. The van der Waals surface area contributed by atoms with E-state index in [9.17, 15) is 4.79 Å². The lowest BCUT2D eigenvalue weighted by Gasteiger charge is -2.23. The highest BCUT2D eigenvalue weighted by Crippen LogP contribution is 2.24. The summed E-state index contributed by atoms with van der Waals surface area (Å²) in [5.74, 6) is 0.513. The van der Waals surface area contributed by atoms with Crippen LogP contribution in [0.4, 0.5) is 0 Å². The number of benzene rings is 1. The van der Waals surface area contributed by atoms with Gasteiger partial charge in [0.2, 0.25) is 0 Å². The van der Waals surface area contributed by atoms with Crippen molar-refractivity contribution in [3.63, 3.8) is 0 Å². The third kappa shape index (κ3) is 2.68. The van der Waals surface area contributed by atoms with Gasteiger partial charge in [-0.05, 0) is 44.0 Å². The van der Waals surface area contributed by atoms with Gasteiger partial charge in [-0.15, -0.1) is 0 Å². The molecule has 1 aliphatic rings. The lowest BCUT2D eigenvalue weighted by Crippen LogP contribution is -2.32. The van der Waals surface area contributed by atoms with Gasteiger partial charge in [0, 0.05) is 11.6 Å². The van der Waals surface area contributed by atoms with Crippen LogP contribution in [0.2, 0.25) is 10.0 Å². The summed E-state index contributed by atoms with van der Waals surface area (Å²) in [7, 11) is 0. The average Bonchev–Trinajstić information content (AvgIpc) is 2.42. The van der Waals surface area contributed by atoms with Crippen molar-refractivity contribution in [2.45, 2.75) is 19.4 Å². The third-order valence-corrected chi connectivity index (χ3v) is 4.28. The van der Waals surface area contributed by atoms with Crippen molar-refractivity contribution in [3.05, 3.63) is 38.9 Å². The van der Waals surface area contributed by atoms with Gasteiger partial charge in [0.1, 0.15) is 0 Å². The summed E-state index contributed by atoms with van der Waals surface area (Å²) in [5, 5.41) is 4.63. The topological polar surface area (TPSA) is 46.9 Å². The maximum atomic E-state index is 12.5. The fraction of sp³-hybridized carbons (Fsp3) is 0.429. The molecule has 3 rings (SSSR count). The van der Waals surface area contributed by atoms with E-state index in [1.165, 1.54) is 0 Å². The van der Waals surface area contributed by atoms with Crippen LogP contribution in [0.25, 0.3) is 10.9 Å². The summed E-state index contributed by atoms with van der Waals surface area (Å²) in [4.78, 5) is 16.8. The molecule has 4 nitrogen and oxygen atoms in total. The third-order valence-electron chi connectivity index (χ3n) is 3.76. The van der Waals surface area contributed by atoms with Crippen LogP contribution in [0.5, 0.6) is 0 Å². The summed E-state index contributed by atoms with van der Waals surface area (Å²) in [6.45, 7) is 2.72. The zero-order valence-corrected chi connectivity index (χ0v) is 12.4. The Kier molecular flexibility index (Phi) is 3.96. The van der Waals surface area contributed by atoms with Crippen molar-refractivity contribution in [2.75, 3.05) is 13.1 Å². The number of rotatable bonds is 2. The lowest BCUT2D eigenvalue weighted by molar-refractivity contribution is 0.329. The zero-order valence-electron chi connectivity index (χ0n) is 10.9. The first-order chi connectivity index (χ1) is 9.65. The van der Waals surface area contributed by atoms with E-state index in [4.69, 9.17) is 23.2 Å². The van der Waals surface area contributed by atoms with Crippen molar-refractivity contribution in [1.29, 1.82) is 0 Å². The van der Waals surface area contributed by atoms with Crippen LogP contribution in [-0.2, 0) is 6.54 Å². The monoisotopic (exact) mass is 311 g/mol. The molecule has 106 valence electrons. The molecule has 20 heavy (non-hydrogen) atoms. The number of hydrogen-bond acceptors (Lipinski definition) is 3. The summed E-state index contributed by atoms with van der Waals surface area (Å²) < 4.78 is 1.66. The molecule has 2 heterocycles. The summed E-state index contributed by atoms with van der Waals surface area (Å²) >= 11 is 12.1. The number of piperidine rings is 1. The van der Waals surface area contributed by atoms with Crippen molar-refractivity contribution in [1.82, 2.24) is 14.9 Å². The molecule has 2 aromatic rings. The fourth-order valence-electron chi connectivity index (χ4n) is 2.67. The first kappa shape index (κ1) is 13.9. The highest BCUT2D eigenvalue weighted by atomic mass is 35.5. The predicted molar refractivity (Wildman–Crippen MR) is 81.6 cm³/mol. The molecule has 1 saturated heterocycles. The smallest absolute Gasteiger partial charge is 0.262 e. The Morgan fingerprint density at radius 3 is 2.80 bits per heavy atom. The second kappa shape index (κ2) is 5.72. The number of hydrogen-bond donors (Lipinski definition) is 1. The maximum absolute atomic E-state index is 12.5. The van der Waals surface area contributed by atoms with Gasteiger partial charge < -0.3 is 5.32 Å². The van der Waals surface area contributed by atoms with Gasteiger partial charge >= 0.3 is 0 Å². The van der Waals surface area contributed by atoms with Crippen molar-refractivity contribution < 1.29 is 0 Å². The number of halogens is 2. The van der Waals surface area contributed by atoms with Crippen LogP contribution < -0.4 is 10.9 Å². The van der Waals surface area contributed by atoms with E-state index < -0.39 is 0 Å². The zero-order chi connectivity index (χ0) is 14.1. The molecule has 1 N–H and O–H groups in total. The van der Waals surface area contributed by atoms with Gasteiger partial charge in [-0.25, -0.2) is 4.98 Å². The Morgan fingerprint density at radius 1 is 1.30 bits per heavy atom. The van der Waals surface area contributed by atoms with Gasteiger partial charge in [0.25, 0.3) is 5.56 Å². The molecule has 0 unspecified atom stereocenters. The van der Waals surface area contributed by atoms with Gasteiger partial charge in [0.05, 0.1) is 22.3 Å². The fourth-order valence-corrected chi connectivity index (χ4v) is 3.24. The summed E-state index contributed by atoms with van der Waals surface area (Å²) in [6, 6.07) is 3.25. The predicted octanol–water partition coefficient (Wildman–Crippen LogP) is 2.70. The molecule has 0 atom stereocenters. The molecule has 0 bridgehead atoms. The largest absolute Gasteiger partial charge is 0.317 e. The van der Waals surface area contributed by atoms with Crippen LogP contribution in [-0.4, -0.2) is 22.6 Å². The molecule has 0 amide bonds. The molecule has 0 spiro atoms. The molecular weight excluding hydrogens is 297 g/mol. The number of fused-ring (bicyclic) bond motifs is 1. The van der Waals surface area contributed by atoms with E-state index in [1.807, 2.05) is 0 Å². The standard InChI is InChI=1S/C14H15Cl2N3O/c15-10-5-11(16)13-12(6-10)18-8-19(14(13)20)7-9-1-3-17-4-2-9/h5-6,8-9,17H,1-4,7H2. The first-order valence-electron chi connectivity index (χ1n) is 6.70. The molecule has 1 aromatic heterocycles. The van der Waals surface area contributed by atoms with E-state index in [0.29, 0.717) is 33.4 Å². The van der Waals surface area contributed by atoms with Crippen LogP contribution in [0, 0.1) is 5.92 Å². The van der Waals surface area contributed by atoms with Gasteiger partial charge in [-0.1, -0.05) is 23.2 Å². The van der Waals surface area contributed by atoms with Crippen LogP contribution in [0.1, 0.15) is 12.8 Å². The number of nitrogens with zero attached hydrogens (tertiary/aromatic N) is 2. The second-order valence-corrected chi connectivity index (χ2v) is 6.02. The van der Waals surface area contributed by atoms with Crippen LogP contribution >= 0.6 is 23.2 Å². The van der Waals surface area contributed by atoms with Crippen molar-refractivity contribution in [3.8, 4) is 0 Å². The van der Waals surface area contributed by atoms with Crippen LogP contribution in [0.3, 0.4) is 0 Å². The van der Waals surface area contributed by atoms with E-state index in [0.717, 1.165) is 25.9 Å². The minimum absolute atomic E-state index is 0.0878. The van der Waals surface area contributed by atoms with E-state index in [-0.39, 0.29) is 5.56 Å². The first-order valence-corrected chi connectivity index (χ1v) is 7.45. The van der Waals surface area contributed by atoms with Gasteiger partial charge in [-0.2, -0.15) is 0 Å². The van der Waals surface area contributed by atoms with Crippen LogP contribution in [0.15, 0.2) is 23.3 Å².